The molecule has 4 nitrogen and oxygen atoms in total. The Balaban J connectivity index is 1.68. The van der Waals surface area contributed by atoms with Gasteiger partial charge in [0, 0.05) is 32.1 Å². The molecule has 0 aliphatic carbocycles. The smallest absolute Gasteiger partial charge is 0.228 e. The van der Waals surface area contributed by atoms with E-state index in [9.17, 15) is 4.79 Å². The van der Waals surface area contributed by atoms with E-state index >= 15 is 0 Å². The molecular weight excluding hydrogens is 252 g/mol. The van der Waals surface area contributed by atoms with Crippen LogP contribution in [0, 0.1) is 5.92 Å². The molecule has 2 aliphatic heterocycles. The first kappa shape index (κ1) is 13.3. The van der Waals surface area contributed by atoms with Crippen molar-refractivity contribution < 1.29 is 9.53 Å². The van der Waals surface area contributed by atoms with Gasteiger partial charge in [-0.3, -0.25) is 9.78 Å². The van der Waals surface area contributed by atoms with Crippen LogP contribution in [0.5, 0.6) is 0 Å². The molecule has 0 radical (unpaired) electrons. The lowest BCUT2D eigenvalue weighted by atomic mass is 9.97. The number of carbonyl (C=O) groups is 1. The van der Waals surface area contributed by atoms with Gasteiger partial charge < -0.3 is 9.64 Å². The summed E-state index contributed by atoms with van der Waals surface area (Å²) in [5, 5.41) is 0. The third kappa shape index (κ3) is 2.90. The van der Waals surface area contributed by atoms with Crippen LogP contribution >= 0.6 is 0 Å². The first-order chi connectivity index (χ1) is 9.84. The van der Waals surface area contributed by atoms with Gasteiger partial charge in [-0.15, -0.1) is 0 Å². The molecule has 0 aromatic carbocycles. The van der Waals surface area contributed by atoms with Crippen molar-refractivity contribution in [3.63, 3.8) is 0 Å². The zero-order chi connectivity index (χ0) is 13.8. The molecule has 2 aliphatic rings. The highest BCUT2D eigenvalue weighted by atomic mass is 16.5. The van der Waals surface area contributed by atoms with Crippen molar-refractivity contribution in [1.29, 1.82) is 0 Å². The Kier molecular flexibility index (Phi) is 4.11. The van der Waals surface area contributed by atoms with E-state index in [1.165, 1.54) is 5.57 Å². The van der Waals surface area contributed by atoms with Gasteiger partial charge in [0.1, 0.15) is 0 Å². The van der Waals surface area contributed by atoms with E-state index in [4.69, 9.17) is 4.74 Å². The van der Waals surface area contributed by atoms with Crippen LogP contribution in [0.15, 0.2) is 30.6 Å². The van der Waals surface area contributed by atoms with Crippen molar-refractivity contribution in [3.8, 4) is 0 Å². The van der Waals surface area contributed by atoms with Crippen LogP contribution in [-0.2, 0) is 9.53 Å². The van der Waals surface area contributed by atoms with E-state index in [1.54, 1.807) is 12.4 Å². The fourth-order valence-electron chi connectivity index (χ4n) is 2.90. The fraction of sp³-hybridized carbons (Fsp3) is 0.500. The Morgan fingerprint density at radius 2 is 2.20 bits per heavy atom. The quantitative estimate of drug-likeness (QED) is 0.828. The maximum absolute atomic E-state index is 12.5. The summed E-state index contributed by atoms with van der Waals surface area (Å²) in [6.07, 6.45) is 8.71. The molecule has 1 amide bonds. The molecule has 0 bridgehead atoms. The number of nitrogens with zero attached hydrogens (tertiary/aromatic N) is 2. The lowest BCUT2D eigenvalue weighted by Crippen LogP contribution is -2.42. The highest BCUT2D eigenvalue weighted by molar-refractivity contribution is 5.82. The number of amides is 1. The average Bonchev–Trinajstić information content (AvgIpc) is 2.56. The van der Waals surface area contributed by atoms with Crippen LogP contribution < -0.4 is 0 Å². The van der Waals surface area contributed by atoms with E-state index in [0.717, 1.165) is 38.0 Å². The number of hydrogen-bond donors (Lipinski definition) is 0. The maximum atomic E-state index is 12.5. The van der Waals surface area contributed by atoms with Crippen molar-refractivity contribution in [2.24, 2.45) is 5.92 Å². The second-order valence-electron chi connectivity index (χ2n) is 5.43. The zero-order valence-corrected chi connectivity index (χ0v) is 11.6. The minimum absolute atomic E-state index is 0.0561. The van der Waals surface area contributed by atoms with E-state index in [1.807, 2.05) is 17.0 Å². The normalized spacial score (nSPS) is 23.3. The molecule has 0 unspecified atom stereocenters. The first-order valence-electron chi connectivity index (χ1n) is 7.30. The molecule has 4 heteroatoms. The van der Waals surface area contributed by atoms with Crippen LogP contribution in [0.25, 0.3) is 5.57 Å². The van der Waals surface area contributed by atoms with Gasteiger partial charge in [0.15, 0.2) is 0 Å². The third-order valence-corrected chi connectivity index (χ3v) is 4.02. The number of hydrogen-bond acceptors (Lipinski definition) is 3. The molecule has 1 saturated heterocycles. The van der Waals surface area contributed by atoms with Crippen molar-refractivity contribution in [2.75, 3.05) is 26.3 Å². The summed E-state index contributed by atoms with van der Waals surface area (Å²) >= 11 is 0. The molecule has 1 fully saturated rings. The van der Waals surface area contributed by atoms with Crippen LogP contribution in [0.2, 0.25) is 0 Å². The van der Waals surface area contributed by atoms with Gasteiger partial charge in [-0.05, 0) is 42.5 Å². The van der Waals surface area contributed by atoms with E-state index in [0.29, 0.717) is 13.2 Å². The SMILES string of the molecule is O=C([C@@H]1CCCOC1)N1CCC=C(c2ccncc2)C1. The van der Waals surface area contributed by atoms with Crippen LogP contribution in [0.3, 0.4) is 0 Å². The highest BCUT2D eigenvalue weighted by Crippen LogP contribution is 2.23. The largest absolute Gasteiger partial charge is 0.381 e. The standard InChI is InChI=1S/C16H20N2O2/c19-16(15-4-2-10-20-12-15)18-9-1-3-14(11-18)13-5-7-17-8-6-13/h3,5-8,15H,1-2,4,9-12H2/t15-/m1/s1. The molecule has 106 valence electrons. The summed E-state index contributed by atoms with van der Waals surface area (Å²) < 4.78 is 5.44. The first-order valence-corrected chi connectivity index (χ1v) is 7.30. The highest BCUT2D eigenvalue weighted by Gasteiger charge is 2.28. The number of carbonyl (C=O) groups excluding carboxylic acids is 1. The summed E-state index contributed by atoms with van der Waals surface area (Å²) in [7, 11) is 0. The molecule has 3 heterocycles. The minimum atomic E-state index is 0.0561. The fourth-order valence-corrected chi connectivity index (χ4v) is 2.90. The Labute approximate surface area is 119 Å². The van der Waals surface area contributed by atoms with E-state index < -0.39 is 0 Å². The van der Waals surface area contributed by atoms with Gasteiger partial charge >= 0.3 is 0 Å². The molecule has 0 spiro atoms. The molecule has 0 N–H and O–H groups in total. The predicted molar refractivity (Wildman–Crippen MR) is 77.0 cm³/mol. The number of ether oxygens (including phenoxy) is 1. The summed E-state index contributed by atoms with van der Waals surface area (Å²) in [4.78, 5) is 18.6. The van der Waals surface area contributed by atoms with Crippen molar-refractivity contribution in [3.05, 3.63) is 36.2 Å². The Hall–Kier alpha value is -1.68. The van der Waals surface area contributed by atoms with Crippen LogP contribution in [-0.4, -0.2) is 42.1 Å². The van der Waals surface area contributed by atoms with Gasteiger partial charge in [0.2, 0.25) is 5.91 Å². The topological polar surface area (TPSA) is 42.4 Å². The zero-order valence-electron chi connectivity index (χ0n) is 11.6. The van der Waals surface area contributed by atoms with Crippen LogP contribution in [0.1, 0.15) is 24.8 Å². The molecule has 1 aromatic heterocycles. The summed E-state index contributed by atoms with van der Waals surface area (Å²) in [6, 6.07) is 4.01. The van der Waals surface area contributed by atoms with Gasteiger partial charge in [0.25, 0.3) is 0 Å². The summed E-state index contributed by atoms with van der Waals surface area (Å²) in [5.74, 6) is 0.310. The van der Waals surface area contributed by atoms with Gasteiger partial charge in [-0.25, -0.2) is 0 Å². The third-order valence-electron chi connectivity index (χ3n) is 4.02. The van der Waals surface area contributed by atoms with E-state index in [-0.39, 0.29) is 11.8 Å². The Morgan fingerprint density at radius 3 is 2.95 bits per heavy atom. The summed E-state index contributed by atoms with van der Waals surface area (Å²) in [5.41, 5.74) is 2.39. The minimum Gasteiger partial charge on any atom is -0.381 e. The van der Waals surface area contributed by atoms with Crippen molar-refractivity contribution in [2.45, 2.75) is 19.3 Å². The second-order valence-corrected chi connectivity index (χ2v) is 5.43. The molecule has 3 rings (SSSR count). The lowest BCUT2D eigenvalue weighted by molar-refractivity contribution is -0.139. The second kappa shape index (κ2) is 6.18. The van der Waals surface area contributed by atoms with Crippen molar-refractivity contribution in [1.82, 2.24) is 9.88 Å². The molecule has 1 aromatic rings. The maximum Gasteiger partial charge on any atom is 0.228 e. The van der Waals surface area contributed by atoms with Crippen LogP contribution in [0.4, 0.5) is 0 Å². The Morgan fingerprint density at radius 1 is 1.35 bits per heavy atom. The number of pyridine rings is 1. The lowest BCUT2D eigenvalue weighted by Gasteiger charge is -2.32. The van der Waals surface area contributed by atoms with Gasteiger partial charge in [-0.1, -0.05) is 6.08 Å². The molecule has 0 saturated carbocycles. The van der Waals surface area contributed by atoms with Crippen molar-refractivity contribution >= 4 is 11.5 Å². The molecular formula is C16H20N2O2. The average molecular weight is 272 g/mol. The molecule has 20 heavy (non-hydrogen) atoms. The monoisotopic (exact) mass is 272 g/mol. The van der Waals surface area contributed by atoms with Gasteiger partial charge in [0.05, 0.1) is 12.5 Å². The van der Waals surface area contributed by atoms with E-state index in [2.05, 4.69) is 11.1 Å². The molecule has 1 atom stereocenters. The summed E-state index contributed by atoms with van der Waals surface area (Å²) in [6.45, 7) is 2.92. The number of aromatic nitrogens is 1. The number of rotatable bonds is 2. The predicted octanol–water partition coefficient (Wildman–Crippen LogP) is 2.12. The van der Waals surface area contributed by atoms with Gasteiger partial charge in [-0.2, -0.15) is 0 Å². The Bertz CT molecular complexity index is 492.